The molecule has 3 rings (SSSR count). The van der Waals surface area contributed by atoms with Crippen LogP contribution in [-0.2, 0) is 6.54 Å². The highest BCUT2D eigenvalue weighted by molar-refractivity contribution is 7.80. The van der Waals surface area contributed by atoms with Crippen molar-refractivity contribution in [3.63, 3.8) is 0 Å². The maximum absolute atomic E-state index is 6.11. The highest BCUT2D eigenvalue weighted by Crippen LogP contribution is 2.25. The van der Waals surface area contributed by atoms with Crippen LogP contribution in [0.5, 0.6) is 0 Å². The molecule has 4 nitrogen and oxygen atoms in total. The molecule has 1 saturated carbocycles. The molecule has 0 radical (unpaired) electrons. The zero-order valence-electron chi connectivity index (χ0n) is 14.4. The first-order chi connectivity index (χ1) is 11.9. The number of anilines is 1. The SMILES string of the molecule is Cc1nn(Cc2ccc(Cl)c(Cl)c2)c(C)c1NC(=S)NC1CCCC1. The fourth-order valence-electron chi connectivity index (χ4n) is 3.25. The van der Waals surface area contributed by atoms with Gasteiger partial charge in [-0.15, -0.1) is 0 Å². The summed E-state index contributed by atoms with van der Waals surface area (Å²) < 4.78 is 1.95. The minimum absolute atomic E-state index is 0.492. The Morgan fingerprint density at radius 3 is 2.64 bits per heavy atom. The summed E-state index contributed by atoms with van der Waals surface area (Å²) in [7, 11) is 0. The third-order valence-electron chi connectivity index (χ3n) is 4.63. The Morgan fingerprint density at radius 2 is 1.96 bits per heavy atom. The van der Waals surface area contributed by atoms with Gasteiger partial charge >= 0.3 is 0 Å². The summed E-state index contributed by atoms with van der Waals surface area (Å²) in [5.41, 5.74) is 3.99. The summed E-state index contributed by atoms with van der Waals surface area (Å²) in [6.07, 6.45) is 4.94. The van der Waals surface area contributed by atoms with E-state index in [0.717, 1.165) is 22.6 Å². The van der Waals surface area contributed by atoms with Crippen LogP contribution >= 0.6 is 35.4 Å². The lowest BCUT2D eigenvalue weighted by Crippen LogP contribution is -2.36. The number of aryl methyl sites for hydroxylation is 1. The highest BCUT2D eigenvalue weighted by atomic mass is 35.5. The largest absolute Gasteiger partial charge is 0.360 e. The maximum Gasteiger partial charge on any atom is 0.171 e. The van der Waals surface area contributed by atoms with Crippen molar-refractivity contribution in [2.45, 2.75) is 52.1 Å². The number of thiocarbonyl (C=S) groups is 1. The van der Waals surface area contributed by atoms with Gasteiger partial charge in [0.15, 0.2) is 5.11 Å². The van der Waals surface area contributed by atoms with Gasteiger partial charge in [0.1, 0.15) is 0 Å². The Morgan fingerprint density at radius 1 is 1.24 bits per heavy atom. The number of aromatic nitrogens is 2. The molecule has 25 heavy (non-hydrogen) atoms. The van der Waals surface area contributed by atoms with E-state index in [2.05, 4.69) is 15.7 Å². The molecule has 0 unspecified atom stereocenters. The molecular formula is C18H22Cl2N4S. The number of nitrogens with zero attached hydrogens (tertiary/aromatic N) is 2. The van der Waals surface area contributed by atoms with Crippen molar-refractivity contribution in [1.29, 1.82) is 0 Å². The van der Waals surface area contributed by atoms with E-state index in [-0.39, 0.29) is 0 Å². The van der Waals surface area contributed by atoms with Crippen molar-refractivity contribution >= 4 is 46.2 Å². The lowest BCUT2D eigenvalue weighted by Gasteiger charge is -2.16. The minimum atomic E-state index is 0.492. The molecule has 134 valence electrons. The van der Waals surface area contributed by atoms with Gasteiger partial charge in [-0.25, -0.2) is 0 Å². The van der Waals surface area contributed by atoms with Crippen LogP contribution in [-0.4, -0.2) is 20.9 Å². The quantitative estimate of drug-likeness (QED) is 0.706. The number of nitrogens with one attached hydrogen (secondary N) is 2. The summed E-state index contributed by atoms with van der Waals surface area (Å²) in [5, 5.41) is 13.2. The average molecular weight is 397 g/mol. The second-order valence-corrected chi connectivity index (χ2v) is 7.75. The van der Waals surface area contributed by atoms with Crippen LogP contribution in [0.15, 0.2) is 18.2 Å². The van der Waals surface area contributed by atoms with Crippen LogP contribution in [0.1, 0.15) is 42.6 Å². The maximum atomic E-state index is 6.11. The molecule has 1 aliphatic rings. The fourth-order valence-corrected chi connectivity index (χ4v) is 3.84. The second kappa shape index (κ2) is 7.94. The average Bonchev–Trinajstić information content (AvgIpc) is 3.15. The number of benzene rings is 1. The van der Waals surface area contributed by atoms with Gasteiger partial charge in [0.05, 0.1) is 33.7 Å². The molecule has 0 aliphatic heterocycles. The van der Waals surface area contributed by atoms with Gasteiger partial charge in [-0.2, -0.15) is 5.10 Å². The van der Waals surface area contributed by atoms with Crippen molar-refractivity contribution in [2.24, 2.45) is 0 Å². The normalized spacial score (nSPS) is 14.7. The van der Waals surface area contributed by atoms with Gasteiger partial charge in [-0.05, 0) is 56.6 Å². The smallest absolute Gasteiger partial charge is 0.171 e. The van der Waals surface area contributed by atoms with E-state index >= 15 is 0 Å². The van der Waals surface area contributed by atoms with E-state index in [1.54, 1.807) is 0 Å². The Kier molecular flexibility index (Phi) is 5.87. The Hall–Kier alpha value is -1.30. The van der Waals surface area contributed by atoms with E-state index in [4.69, 9.17) is 35.4 Å². The van der Waals surface area contributed by atoms with Crippen LogP contribution < -0.4 is 10.6 Å². The van der Waals surface area contributed by atoms with Gasteiger partial charge < -0.3 is 10.6 Å². The lowest BCUT2D eigenvalue weighted by atomic mass is 10.2. The summed E-state index contributed by atoms with van der Waals surface area (Å²) >= 11 is 17.6. The van der Waals surface area contributed by atoms with E-state index in [1.165, 1.54) is 25.7 Å². The molecule has 1 heterocycles. The zero-order valence-corrected chi connectivity index (χ0v) is 16.7. The Labute approximate surface area is 163 Å². The molecule has 0 saturated heterocycles. The van der Waals surface area contributed by atoms with Gasteiger partial charge in [0.2, 0.25) is 0 Å². The number of hydrogen-bond acceptors (Lipinski definition) is 2. The van der Waals surface area contributed by atoms with Crippen molar-refractivity contribution < 1.29 is 0 Å². The monoisotopic (exact) mass is 396 g/mol. The summed E-state index contributed by atoms with van der Waals surface area (Å²) in [6, 6.07) is 6.14. The molecule has 1 fully saturated rings. The molecule has 0 atom stereocenters. The summed E-state index contributed by atoms with van der Waals surface area (Å²) in [6.45, 7) is 4.66. The van der Waals surface area contributed by atoms with Gasteiger partial charge in [-0.1, -0.05) is 42.1 Å². The van der Waals surface area contributed by atoms with Crippen LogP contribution in [0.4, 0.5) is 5.69 Å². The molecule has 2 aromatic rings. The van der Waals surface area contributed by atoms with Crippen LogP contribution in [0.25, 0.3) is 0 Å². The van der Waals surface area contributed by atoms with Gasteiger partial charge in [-0.3, -0.25) is 4.68 Å². The molecule has 0 spiro atoms. The first-order valence-corrected chi connectivity index (χ1v) is 9.66. The molecular weight excluding hydrogens is 375 g/mol. The molecule has 7 heteroatoms. The molecule has 2 N–H and O–H groups in total. The number of rotatable bonds is 4. The predicted molar refractivity (Wildman–Crippen MR) is 109 cm³/mol. The highest BCUT2D eigenvalue weighted by Gasteiger charge is 2.18. The third-order valence-corrected chi connectivity index (χ3v) is 5.59. The summed E-state index contributed by atoms with van der Waals surface area (Å²) in [4.78, 5) is 0. The molecule has 0 amide bonds. The van der Waals surface area contributed by atoms with Crippen LogP contribution in [0.2, 0.25) is 10.0 Å². The van der Waals surface area contributed by atoms with Gasteiger partial charge in [0.25, 0.3) is 0 Å². The fraction of sp³-hybridized carbons (Fsp3) is 0.444. The van der Waals surface area contributed by atoms with Crippen molar-refractivity contribution in [3.05, 3.63) is 45.2 Å². The van der Waals surface area contributed by atoms with E-state index < -0.39 is 0 Å². The Bertz CT molecular complexity index is 782. The van der Waals surface area contributed by atoms with Crippen molar-refractivity contribution in [2.75, 3.05) is 5.32 Å². The van der Waals surface area contributed by atoms with Gasteiger partial charge in [0, 0.05) is 6.04 Å². The van der Waals surface area contributed by atoms with Crippen molar-refractivity contribution in [3.8, 4) is 0 Å². The van der Waals surface area contributed by atoms with E-state index in [0.29, 0.717) is 27.7 Å². The Balaban J connectivity index is 1.71. The third kappa shape index (κ3) is 4.46. The molecule has 1 aromatic carbocycles. The standard InChI is InChI=1S/C18H22Cl2N4S/c1-11-17(22-18(25)21-14-5-3-4-6-14)12(2)24(23-11)10-13-7-8-15(19)16(20)9-13/h7-9,14H,3-6,10H2,1-2H3,(H2,21,22,25). The zero-order chi connectivity index (χ0) is 18.0. The predicted octanol–water partition coefficient (Wildman–Crippen LogP) is 5.08. The van der Waals surface area contributed by atoms with E-state index in [1.807, 2.05) is 36.7 Å². The number of halogens is 2. The topological polar surface area (TPSA) is 41.9 Å². The summed E-state index contributed by atoms with van der Waals surface area (Å²) in [5.74, 6) is 0. The second-order valence-electron chi connectivity index (χ2n) is 6.53. The van der Waals surface area contributed by atoms with Crippen LogP contribution in [0, 0.1) is 13.8 Å². The van der Waals surface area contributed by atoms with E-state index in [9.17, 15) is 0 Å². The molecule has 0 bridgehead atoms. The lowest BCUT2D eigenvalue weighted by molar-refractivity contribution is 0.634. The first kappa shape index (κ1) is 18.5. The van der Waals surface area contributed by atoms with Crippen molar-refractivity contribution in [1.82, 2.24) is 15.1 Å². The van der Waals surface area contributed by atoms with Crippen LogP contribution in [0.3, 0.4) is 0 Å². The molecule has 1 aromatic heterocycles. The first-order valence-electron chi connectivity index (χ1n) is 8.49. The number of hydrogen-bond donors (Lipinski definition) is 2. The minimum Gasteiger partial charge on any atom is -0.360 e. The molecule has 1 aliphatic carbocycles.